The van der Waals surface area contributed by atoms with Crippen LogP contribution in [0.25, 0.3) is 0 Å². The molecule has 0 aromatic carbocycles. The number of carbonyl (C=O) groups excluding carboxylic acids is 1. The van der Waals surface area contributed by atoms with Gasteiger partial charge in [0.05, 0.1) is 0 Å². The van der Waals surface area contributed by atoms with Crippen molar-refractivity contribution in [3.63, 3.8) is 0 Å². The molecule has 8 heteroatoms. The van der Waals surface area contributed by atoms with Crippen molar-refractivity contribution < 1.29 is 9.32 Å². The summed E-state index contributed by atoms with van der Waals surface area (Å²) in [7, 11) is 0. The Bertz CT molecular complexity index is 575. The number of nitrogens with one attached hydrogen (secondary N) is 3. The first-order chi connectivity index (χ1) is 9.08. The Kier molecular flexibility index (Phi) is 3.51. The normalized spacial score (nSPS) is 10.0. The van der Waals surface area contributed by atoms with Gasteiger partial charge in [0.15, 0.2) is 0 Å². The lowest BCUT2D eigenvalue weighted by Crippen LogP contribution is -2.34. The van der Waals surface area contributed by atoms with Crippen molar-refractivity contribution in [1.82, 2.24) is 15.6 Å². The molecule has 2 aromatic heterocycles. The minimum atomic E-state index is -0.497. The van der Waals surface area contributed by atoms with Gasteiger partial charge in [-0.05, 0) is 25.5 Å². The lowest BCUT2D eigenvalue weighted by atomic mass is 10.3. The first-order valence-electron chi connectivity index (χ1n) is 5.54. The number of nitrogens with two attached hydrogens (primary N) is 1. The van der Waals surface area contributed by atoms with Crippen LogP contribution in [-0.2, 0) is 0 Å². The van der Waals surface area contributed by atoms with Gasteiger partial charge < -0.3 is 15.6 Å². The maximum atomic E-state index is 11.7. The average Bonchev–Trinajstić information content (AvgIpc) is 2.70. The zero-order valence-electron chi connectivity index (χ0n) is 10.5. The number of carbonyl (C=O) groups is 1. The van der Waals surface area contributed by atoms with Crippen molar-refractivity contribution in [3.05, 3.63) is 29.6 Å². The molecule has 0 unspecified atom stereocenters. The fourth-order valence-corrected chi connectivity index (χ4v) is 1.42. The van der Waals surface area contributed by atoms with Crippen molar-refractivity contribution in [2.75, 3.05) is 16.5 Å². The second kappa shape index (κ2) is 5.25. The Labute approximate surface area is 109 Å². The summed E-state index contributed by atoms with van der Waals surface area (Å²) < 4.78 is 4.73. The summed E-state index contributed by atoms with van der Waals surface area (Å²) in [4.78, 5) is 15.7. The summed E-state index contributed by atoms with van der Waals surface area (Å²) >= 11 is 0. The van der Waals surface area contributed by atoms with Crippen LogP contribution in [-0.4, -0.2) is 16.2 Å². The minimum Gasteiger partial charge on any atom is -0.366 e. The molecular formula is C11H14N6O2. The Hall–Kier alpha value is -2.77. The summed E-state index contributed by atoms with van der Waals surface area (Å²) in [6, 6.07) is 3.18. The largest absolute Gasteiger partial charge is 0.366 e. The van der Waals surface area contributed by atoms with Gasteiger partial charge in [-0.2, -0.15) is 0 Å². The van der Waals surface area contributed by atoms with Gasteiger partial charge in [-0.3, -0.25) is 10.9 Å². The molecule has 5 N–H and O–H groups in total. The van der Waals surface area contributed by atoms with Crippen LogP contribution in [0.4, 0.5) is 22.2 Å². The number of nitrogen functional groups attached to an aromatic ring is 1. The fraction of sp³-hybridized carbons (Fsp3) is 0.182. The van der Waals surface area contributed by atoms with Crippen LogP contribution in [0.3, 0.4) is 0 Å². The van der Waals surface area contributed by atoms with Crippen LogP contribution in [0.1, 0.15) is 11.3 Å². The number of hydrazine groups is 1. The molecule has 2 amide bonds. The Morgan fingerprint density at radius 2 is 2.21 bits per heavy atom. The number of hydrogen-bond acceptors (Lipinski definition) is 6. The van der Waals surface area contributed by atoms with Crippen molar-refractivity contribution in [2.45, 2.75) is 13.8 Å². The standard InChI is InChI=1S/C11H14N6O2/c1-6-4-3-5-13-10(6)15-16-11(18)14-8-7(2)17-19-9(8)12/h3-5H,12H2,1-2H3,(H,13,15)(H2,14,16,18). The third-order valence-electron chi connectivity index (χ3n) is 2.43. The van der Waals surface area contributed by atoms with E-state index in [1.807, 2.05) is 19.1 Å². The zero-order chi connectivity index (χ0) is 13.8. The SMILES string of the molecule is Cc1cccnc1NNC(=O)Nc1c(C)noc1N. The first kappa shape index (κ1) is 12.7. The topological polar surface area (TPSA) is 118 Å². The molecule has 0 atom stereocenters. The number of pyridine rings is 1. The van der Waals surface area contributed by atoms with Crippen LogP contribution in [0.15, 0.2) is 22.9 Å². The average molecular weight is 262 g/mol. The maximum absolute atomic E-state index is 11.7. The van der Waals surface area contributed by atoms with E-state index in [2.05, 4.69) is 26.3 Å². The third-order valence-corrected chi connectivity index (χ3v) is 2.43. The number of aryl methyl sites for hydroxylation is 2. The molecule has 0 aliphatic heterocycles. The second-order valence-corrected chi connectivity index (χ2v) is 3.88. The van der Waals surface area contributed by atoms with Crippen molar-refractivity contribution in [1.29, 1.82) is 0 Å². The summed E-state index contributed by atoms with van der Waals surface area (Å²) in [5.74, 6) is 0.620. The summed E-state index contributed by atoms with van der Waals surface area (Å²) in [5, 5.41) is 6.15. The molecule has 2 aromatic rings. The number of urea groups is 1. The number of anilines is 3. The molecule has 19 heavy (non-hydrogen) atoms. The van der Waals surface area contributed by atoms with Gasteiger partial charge in [-0.1, -0.05) is 11.2 Å². The van der Waals surface area contributed by atoms with Gasteiger partial charge in [0.1, 0.15) is 17.2 Å². The van der Waals surface area contributed by atoms with Gasteiger partial charge in [0, 0.05) is 6.20 Å². The van der Waals surface area contributed by atoms with E-state index in [4.69, 9.17) is 10.3 Å². The Morgan fingerprint density at radius 1 is 1.42 bits per heavy atom. The van der Waals surface area contributed by atoms with Crippen LogP contribution in [0.2, 0.25) is 0 Å². The second-order valence-electron chi connectivity index (χ2n) is 3.88. The highest BCUT2D eigenvalue weighted by molar-refractivity contribution is 5.92. The molecule has 100 valence electrons. The maximum Gasteiger partial charge on any atom is 0.338 e. The molecule has 0 radical (unpaired) electrons. The summed E-state index contributed by atoms with van der Waals surface area (Å²) in [6.07, 6.45) is 1.62. The van der Waals surface area contributed by atoms with Gasteiger partial charge in [0.2, 0.25) is 5.88 Å². The van der Waals surface area contributed by atoms with Gasteiger partial charge in [0.25, 0.3) is 0 Å². The highest BCUT2D eigenvalue weighted by Gasteiger charge is 2.12. The predicted molar refractivity (Wildman–Crippen MR) is 70.4 cm³/mol. The van der Waals surface area contributed by atoms with E-state index in [1.165, 1.54) is 0 Å². The van der Waals surface area contributed by atoms with Crippen LogP contribution in [0.5, 0.6) is 0 Å². The van der Waals surface area contributed by atoms with E-state index >= 15 is 0 Å². The molecule has 0 spiro atoms. The Balaban J connectivity index is 1.94. The Morgan fingerprint density at radius 3 is 2.84 bits per heavy atom. The van der Waals surface area contributed by atoms with E-state index in [0.717, 1.165) is 5.56 Å². The molecule has 0 saturated heterocycles. The van der Waals surface area contributed by atoms with E-state index in [-0.39, 0.29) is 5.88 Å². The van der Waals surface area contributed by atoms with E-state index < -0.39 is 6.03 Å². The molecule has 2 heterocycles. The number of rotatable bonds is 3. The molecule has 2 rings (SSSR count). The minimum absolute atomic E-state index is 0.0571. The monoisotopic (exact) mass is 262 g/mol. The van der Waals surface area contributed by atoms with Crippen LogP contribution < -0.4 is 21.9 Å². The number of hydrogen-bond donors (Lipinski definition) is 4. The number of aromatic nitrogens is 2. The first-order valence-corrected chi connectivity index (χ1v) is 5.54. The molecule has 0 saturated carbocycles. The van der Waals surface area contributed by atoms with Gasteiger partial charge in [-0.15, -0.1) is 0 Å². The summed E-state index contributed by atoms with van der Waals surface area (Å²) in [6.45, 7) is 3.54. The molecule has 0 aliphatic rings. The van der Waals surface area contributed by atoms with Crippen LogP contribution >= 0.6 is 0 Å². The molecule has 0 bridgehead atoms. The van der Waals surface area contributed by atoms with Gasteiger partial charge >= 0.3 is 6.03 Å². The number of nitrogens with zero attached hydrogens (tertiary/aromatic N) is 2. The van der Waals surface area contributed by atoms with Crippen molar-refractivity contribution in [3.8, 4) is 0 Å². The zero-order valence-corrected chi connectivity index (χ0v) is 10.5. The third kappa shape index (κ3) is 2.92. The molecular weight excluding hydrogens is 248 g/mol. The predicted octanol–water partition coefficient (Wildman–Crippen LogP) is 1.42. The van der Waals surface area contributed by atoms with Crippen molar-refractivity contribution in [2.24, 2.45) is 0 Å². The number of amides is 2. The van der Waals surface area contributed by atoms with E-state index in [1.54, 1.807) is 13.1 Å². The van der Waals surface area contributed by atoms with E-state index in [9.17, 15) is 4.79 Å². The smallest absolute Gasteiger partial charge is 0.338 e. The quantitative estimate of drug-likeness (QED) is 0.621. The highest BCUT2D eigenvalue weighted by atomic mass is 16.5. The van der Waals surface area contributed by atoms with Crippen molar-refractivity contribution >= 4 is 23.4 Å². The summed E-state index contributed by atoms with van der Waals surface area (Å²) in [5.41, 5.74) is 12.4. The molecule has 0 fully saturated rings. The molecule has 8 nitrogen and oxygen atoms in total. The highest BCUT2D eigenvalue weighted by Crippen LogP contribution is 2.21. The fourth-order valence-electron chi connectivity index (χ4n) is 1.42. The molecule has 0 aliphatic carbocycles. The van der Waals surface area contributed by atoms with E-state index in [0.29, 0.717) is 17.2 Å². The van der Waals surface area contributed by atoms with Crippen LogP contribution in [0, 0.1) is 13.8 Å². The van der Waals surface area contributed by atoms with Gasteiger partial charge in [-0.25, -0.2) is 9.78 Å². The lowest BCUT2D eigenvalue weighted by molar-refractivity contribution is 0.253. The lowest BCUT2D eigenvalue weighted by Gasteiger charge is -2.10.